The van der Waals surface area contributed by atoms with E-state index in [0.29, 0.717) is 19.8 Å². The molecule has 1 heterocycles. The Kier molecular flexibility index (Phi) is 6.55. The molecular weight excluding hydrogens is 210 g/mol. The molecule has 0 spiro atoms. The average molecular weight is 229 g/mol. The lowest BCUT2D eigenvalue weighted by atomic mass is 10.4. The molecule has 1 aromatic heterocycles. The first-order valence-corrected chi connectivity index (χ1v) is 5.42. The number of hydrogen-bond acceptors (Lipinski definition) is 5. The molecule has 0 aliphatic rings. The Balaban J connectivity index is 2.17. The van der Waals surface area contributed by atoms with Crippen molar-refractivity contribution >= 4 is 5.69 Å². The summed E-state index contributed by atoms with van der Waals surface area (Å²) in [6.45, 7) is 2.55. The molecule has 92 valence electrons. The van der Waals surface area contributed by atoms with Crippen molar-refractivity contribution in [1.29, 1.82) is 0 Å². The normalized spacial score (nSPS) is 10.6. The highest BCUT2D eigenvalue weighted by molar-refractivity contribution is 5.37. The zero-order valence-corrected chi connectivity index (χ0v) is 9.30. The first kappa shape index (κ1) is 13.0. The van der Waals surface area contributed by atoms with Crippen LogP contribution in [-0.4, -0.2) is 53.0 Å². The van der Waals surface area contributed by atoms with E-state index in [1.807, 2.05) is 6.20 Å². The number of aliphatic hydroxyl groups is 2. The minimum Gasteiger partial charge on any atom is -0.396 e. The lowest BCUT2D eigenvalue weighted by Crippen LogP contribution is -2.08. The molecule has 0 saturated carbocycles. The number of hydrogen-bond donors (Lipinski definition) is 3. The lowest BCUT2D eigenvalue weighted by Gasteiger charge is -2.02. The Morgan fingerprint density at radius 2 is 2.19 bits per heavy atom. The molecule has 0 amide bonds. The number of rotatable bonds is 9. The van der Waals surface area contributed by atoms with Gasteiger partial charge in [0.25, 0.3) is 0 Å². The highest BCUT2D eigenvalue weighted by Crippen LogP contribution is 2.04. The van der Waals surface area contributed by atoms with Crippen LogP contribution < -0.4 is 5.32 Å². The van der Waals surface area contributed by atoms with Gasteiger partial charge in [0.1, 0.15) is 0 Å². The first-order valence-electron chi connectivity index (χ1n) is 5.42. The predicted octanol–water partition coefficient (Wildman–Crippen LogP) is -0.314. The Labute approximate surface area is 94.8 Å². The van der Waals surface area contributed by atoms with E-state index in [2.05, 4.69) is 10.4 Å². The van der Waals surface area contributed by atoms with Crippen LogP contribution in [0.3, 0.4) is 0 Å². The van der Waals surface area contributed by atoms with Crippen LogP contribution in [0, 0.1) is 0 Å². The van der Waals surface area contributed by atoms with E-state index in [4.69, 9.17) is 14.9 Å². The summed E-state index contributed by atoms with van der Waals surface area (Å²) in [6, 6.07) is 0. The summed E-state index contributed by atoms with van der Waals surface area (Å²) < 4.78 is 6.91. The molecule has 0 saturated heterocycles. The van der Waals surface area contributed by atoms with E-state index >= 15 is 0 Å². The molecule has 0 aromatic carbocycles. The summed E-state index contributed by atoms with van der Waals surface area (Å²) in [5, 5.41) is 24.4. The molecule has 6 heteroatoms. The molecule has 0 unspecified atom stereocenters. The van der Waals surface area contributed by atoms with Gasteiger partial charge in [0.05, 0.1) is 38.2 Å². The van der Waals surface area contributed by atoms with Crippen LogP contribution in [0.5, 0.6) is 0 Å². The summed E-state index contributed by atoms with van der Waals surface area (Å²) in [4.78, 5) is 0. The number of aromatic nitrogens is 2. The third-order valence-corrected chi connectivity index (χ3v) is 2.00. The molecule has 0 aliphatic carbocycles. The van der Waals surface area contributed by atoms with Crippen LogP contribution in [0.1, 0.15) is 6.42 Å². The Morgan fingerprint density at radius 1 is 1.31 bits per heavy atom. The van der Waals surface area contributed by atoms with Crippen LogP contribution >= 0.6 is 0 Å². The largest absolute Gasteiger partial charge is 0.396 e. The van der Waals surface area contributed by atoms with Crippen molar-refractivity contribution in [2.24, 2.45) is 0 Å². The van der Waals surface area contributed by atoms with Gasteiger partial charge in [-0.2, -0.15) is 5.10 Å². The van der Waals surface area contributed by atoms with E-state index in [1.54, 1.807) is 10.9 Å². The number of anilines is 1. The Hall–Kier alpha value is -1.11. The lowest BCUT2D eigenvalue weighted by molar-refractivity contribution is 0.0854. The number of aliphatic hydroxyl groups excluding tert-OH is 2. The highest BCUT2D eigenvalue weighted by atomic mass is 16.5. The first-order chi connectivity index (χ1) is 7.86. The minimum absolute atomic E-state index is 0.0487. The Morgan fingerprint density at radius 3 is 2.94 bits per heavy atom. The molecule has 16 heavy (non-hydrogen) atoms. The van der Waals surface area contributed by atoms with E-state index in [0.717, 1.165) is 18.7 Å². The number of nitrogens with zero attached hydrogens (tertiary/aromatic N) is 2. The van der Waals surface area contributed by atoms with E-state index < -0.39 is 0 Å². The van der Waals surface area contributed by atoms with Crippen molar-refractivity contribution in [3.8, 4) is 0 Å². The summed E-state index contributed by atoms with van der Waals surface area (Å²) in [5.41, 5.74) is 0.940. The second-order valence-electron chi connectivity index (χ2n) is 3.33. The fourth-order valence-corrected chi connectivity index (χ4v) is 1.21. The molecular formula is C10H19N3O3. The van der Waals surface area contributed by atoms with Gasteiger partial charge in [0.2, 0.25) is 0 Å². The van der Waals surface area contributed by atoms with Crippen LogP contribution in [0.15, 0.2) is 12.4 Å². The molecule has 3 N–H and O–H groups in total. The van der Waals surface area contributed by atoms with E-state index in [1.165, 1.54) is 0 Å². The summed E-state index contributed by atoms with van der Waals surface area (Å²) >= 11 is 0. The van der Waals surface area contributed by atoms with Crippen LogP contribution in [0.25, 0.3) is 0 Å². The second-order valence-corrected chi connectivity index (χ2v) is 3.33. The average Bonchev–Trinajstić information content (AvgIpc) is 2.73. The van der Waals surface area contributed by atoms with Gasteiger partial charge in [-0.05, 0) is 6.42 Å². The van der Waals surface area contributed by atoms with Crippen molar-refractivity contribution in [3.05, 3.63) is 12.4 Å². The Bertz CT molecular complexity index is 278. The smallest absolute Gasteiger partial charge is 0.0726 e. The van der Waals surface area contributed by atoms with Gasteiger partial charge in [-0.15, -0.1) is 0 Å². The van der Waals surface area contributed by atoms with Crippen molar-refractivity contribution in [2.75, 3.05) is 38.3 Å². The standard InChI is InChI=1S/C10H19N3O3/c14-4-1-2-11-10-8-12-13(9-10)3-6-16-7-5-15/h8-9,11,14-15H,1-7H2. The predicted molar refractivity (Wildman–Crippen MR) is 60.3 cm³/mol. The molecule has 0 radical (unpaired) electrons. The second kappa shape index (κ2) is 8.09. The molecule has 1 rings (SSSR count). The summed E-state index contributed by atoms with van der Waals surface area (Å²) in [6.07, 6.45) is 4.36. The molecule has 0 fully saturated rings. The SMILES string of the molecule is OCCCNc1cnn(CCOCCO)c1. The zero-order chi connectivity index (χ0) is 11.6. The summed E-state index contributed by atoms with van der Waals surface area (Å²) in [5.74, 6) is 0. The van der Waals surface area contributed by atoms with Crippen molar-refractivity contribution in [1.82, 2.24) is 9.78 Å². The fourth-order valence-electron chi connectivity index (χ4n) is 1.21. The quantitative estimate of drug-likeness (QED) is 0.506. The van der Waals surface area contributed by atoms with Crippen LogP contribution in [0.2, 0.25) is 0 Å². The van der Waals surface area contributed by atoms with Gasteiger partial charge in [0.15, 0.2) is 0 Å². The number of nitrogens with one attached hydrogen (secondary N) is 1. The van der Waals surface area contributed by atoms with Gasteiger partial charge in [-0.3, -0.25) is 4.68 Å². The monoisotopic (exact) mass is 229 g/mol. The van der Waals surface area contributed by atoms with Gasteiger partial charge in [-0.25, -0.2) is 0 Å². The van der Waals surface area contributed by atoms with E-state index in [9.17, 15) is 0 Å². The van der Waals surface area contributed by atoms with Gasteiger partial charge in [-0.1, -0.05) is 0 Å². The minimum atomic E-state index is 0.0487. The van der Waals surface area contributed by atoms with Crippen molar-refractivity contribution in [3.63, 3.8) is 0 Å². The summed E-state index contributed by atoms with van der Waals surface area (Å²) in [7, 11) is 0. The van der Waals surface area contributed by atoms with Crippen molar-refractivity contribution in [2.45, 2.75) is 13.0 Å². The molecule has 0 atom stereocenters. The van der Waals surface area contributed by atoms with Gasteiger partial charge >= 0.3 is 0 Å². The maximum absolute atomic E-state index is 8.62. The molecule has 0 aliphatic heterocycles. The van der Waals surface area contributed by atoms with E-state index in [-0.39, 0.29) is 13.2 Å². The topological polar surface area (TPSA) is 79.5 Å². The maximum Gasteiger partial charge on any atom is 0.0726 e. The molecule has 0 bridgehead atoms. The third kappa shape index (κ3) is 5.11. The van der Waals surface area contributed by atoms with Crippen LogP contribution in [0.4, 0.5) is 5.69 Å². The van der Waals surface area contributed by atoms with Crippen LogP contribution in [-0.2, 0) is 11.3 Å². The van der Waals surface area contributed by atoms with Gasteiger partial charge < -0.3 is 20.3 Å². The van der Waals surface area contributed by atoms with Crippen molar-refractivity contribution < 1.29 is 14.9 Å². The number of ether oxygens (including phenoxy) is 1. The van der Waals surface area contributed by atoms with Gasteiger partial charge in [0, 0.05) is 19.3 Å². The fraction of sp³-hybridized carbons (Fsp3) is 0.700. The highest BCUT2D eigenvalue weighted by Gasteiger charge is 1.97. The molecule has 6 nitrogen and oxygen atoms in total. The zero-order valence-electron chi connectivity index (χ0n) is 9.30. The molecule has 1 aromatic rings. The maximum atomic E-state index is 8.62. The third-order valence-electron chi connectivity index (χ3n) is 2.00.